The predicted octanol–water partition coefficient (Wildman–Crippen LogP) is 3.83. The summed E-state index contributed by atoms with van der Waals surface area (Å²) >= 11 is 5.98. The number of carbonyl (C=O) groups is 1. The Morgan fingerprint density at radius 1 is 1.03 bits per heavy atom. The van der Waals surface area contributed by atoms with Gasteiger partial charge >= 0.3 is 0 Å². The van der Waals surface area contributed by atoms with Gasteiger partial charge in [0.15, 0.2) is 15.6 Å². The first kappa shape index (κ1) is 22.3. The first-order valence-electron chi connectivity index (χ1n) is 9.50. The molecule has 0 radical (unpaired) electrons. The summed E-state index contributed by atoms with van der Waals surface area (Å²) in [6, 6.07) is 14.4. The van der Waals surface area contributed by atoms with Gasteiger partial charge in [0, 0.05) is 41.9 Å². The third kappa shape index (κ3) is 5.62. The Labute approximate surface area is 181 Å². The quantitative estimate of drug-likeness (QED) is 0.523. The van der Waals surface area contributed by atoms with Crippen molar-refractivity contribution in [3.8, 4) is 0 Å². The second kappa shape index (κ2) is 9.20. The maximum atomic E-state index is 13.5. The number of hydrogen-bond donors (Lipinski definition) is 0. The van der Waals surface area contributed by atoms with Crippen LogP contribution in [-0.2, 0) is 22.1 Å². The highest BCUT2D eigenvalue weighted by Gasteiger charge is 2.27. The molecule has 6 nitrogen and oxygen atoms in total. The van der Waals surface area contributed by atoms with Crippen LogP contribution in [0.25, 0.3) is 11.0 Å². The molecule has 0 saturated carbocycles. The number of fused-ring (bicyclic) bond motifs is 1. The number of para-hydroxylation sites is 1. The Morgan fingerprint density at radius 3 is 2.33 bits per heavy atom. The second-order valence-corrected chi connectivity index (χ2v) is 10.2. The number of sulfone groups is 1. The third-order valence-electron chi connectivity index (χ3n) is 4.69. The van der Waals surface area contributed by atoms with E-state index in [1.807, 2.05) is 31.1 Å². The zero-order chi connectivity index (χ0) is 21.9. The van der Waals surface area contributed by atoms with Crippen molar-refractivity contribution in [2.45, 2.75) is 12.3 Å². The lowest BCUT2D eigenvalue weighted by atomic mass is 10.1. The topological polar surface area (TPSA) is 70.8 Å². The van der Waals surface area contributed by atoms with Gasteiger partial charge in [0.2, 0.25) is 0 Å². The molecule has 1 amide bonds. The lowest BCUT2D eigenvalue weighted by Gasteiger charge is -2.24. The molecular formula is C22H25ClN2O4S. The Balaban J connectivity index is 2.01. The van der Waals surface area contributed by atoms with Crippen molar-refractivity contribution in [2.75, 3.05) is 33.4 Å². The number of likely N-dealkylation sites (N-methyl/N-ethyl adjacent to an activating group) is 1. The monoisotopic (exact) mass is 448 g/mol. The third-order valence-corrected chi connectivity index (χ3v) is 5.76. The molecule has 0 saturated heterocycles. The number of rotatable bonds is 8. The van der Waals surface area contributed by atoms with Crippen LogP contribution in [0, 0.1) is 0 Å². The van der Waals surface area contributed by atoms with Gasteiger partial charge in [0.25, 0.3) is 5.91 Å². The summed E-state index contributed by atoms with van der Waals surface area (Å²) in [5, 5.41) is 1.27. The smallest absolute Gasteiger partial charge is 0.290 e. The van der Waals surface area contributed by atoms with E-state index >= 15 is 0 Å². The SMILES string of the molecule is CN(C)CCN(Cc1ccc(Cl)cc1)C(=O)c1oc2ccccc2c1CS(C)(=O)=O. The molecule has 160 valence electrons. The van der Waals surface area contributed by atoms with E-state index in [9.17, 15) is 13.2 Å². The zero-order valence-corrected chi connectivity index (χ0v) is 18.8. The first-order chi connectivity index (χ1) is 14.1. The van der Waals surface area contributed by atoms with Crippen molar-refractivity contribution >= 4 is 38.3 Å². The highest BCUT2D eigenvalue weighted by molar-refractivity contribution is 7.89. The Hall–Kier alpha value is -2.35. The number of hydrogen-bond acceptors (Lipinski definition) is 5. The molecular weight excluding hydrogens is 424 g/mol. The molecule has 0 aliphatic carbocycles. The van der Waals surface area contributed by atoms with Crippen LogP contribution in [-0.4, -0.2) is 57.6 Å². The maximum absolute atomic E-state index is 13.5. The van der Waals surface area contributed by atoms with E-state index in [2.05, 4.69) is 0 Å². The van der Waals surface area contributed by atoms with Gasteiger partial charge < -0.3 is 14.2 Å². The maximum Gasteiger partial charge on any atom is 0.290 e. The minimum atomic E-state index is -3.36. The van der Waals surface area contributed by atoms with Crippen molar-refractivity contribution in [1.82, 2.24) is 9.80 Å². The number of amides is 1. The summed E-state index contributed by atoms with van der Waals surface area (Å²) in [4.78, 5) is 17.2. The molecule has 3 rings (SSSR count). The van der Waals surface area contributed by atoms with Crippen molar-refractivity contribution < 1.29 is 17.6 Å². The highest BCUT2D eigenvalue weighted by atomic mass is 35.5. The van der Waals surface area contributed by atoms with Crippen LogP contribution in [0.15, 0.2) is 52.9 Å². The molecule has 2 aromatic carbocycles. The van der Waals surface area contributed by atoms with Crippen molar-refractivity contribution in [3.05, 3.63) is 70.4 Å². The number of carbonyl (C=O) groups excluding carboxylic acids is 1. The number of halogens is 1. The highest BCUT2D eigenvalue weighted by Crippen LogP contribution is 2.29. The van der Waals surface area contributed by atoms with Crippen molar-refractivity contribution in [3.63, 3.8) is 0 Å². The molecule has 1 heterocycles. The summed E-state index contributed by atoms with van der Waals surface area (Å²) in [5.41, 5.74) is 1.83. The molecule has 0 atom stereocenters. The predicted molar refractivity (Wildman–Crippen MR) is 120 cm³/mol. The molecule has 0 bridgehead atoms. The number of nitrogens with zero attached hydrogens (tertiary/aromatic N) is 2. The van der Waals surface area contributed by atoms with Crippen LogP contribution in [0.1, 0.15) is 21.7 Å². The summed E-state index contributed by atoms with van der Waals surface area (Å²) in [5.74, 6) is -0.510. The van der Waals surface area contributed by atoms with E-state index in [4.69, 9.17) is 16.0 Å². The number of furan rings is 1. The zero-order valence-electron chi connectivity index (χ0n) is 17.3. The fourth-order valence-corrected chi connectivity index (χ4v) is 4.14. The molecule has 0 N–H and O–H groups in total. The molecule has 0 fully saturated rings. The van der Waals surface area contributed by atoms with E-state index in [1.165, 1.54) is 0 Å². The van der Waals surface area contributed by atoms with Gasteiger partial charge in [0.05, 0.1) is 5.75 Å². The minimum absolute atomic E-state index is 0.0781. The summed E-state index contributed by atoms with van der Waals surface area (Å²) in [6.07, 6.45) is 1.15. The second-order valence-electron chi connectivity index (χ2n) is 7.63. The standard InChI is InChI=1S/C22H25ClN2O4S/c1-24(2)12-13-25(14-16-8-10-17(23)11-9-16)22(26)21-19(15-30(3,27)28)18-6-4-5-7-20(18)29-21/h4-11H,12-15H2,1-3H3. The van der Waals surface area contributed by atoms with Gasteiger partial charge in [-0.25, -0.2) is 8.42 Å². The van der Waals surface area contributed by atoms with E-state index in [1.54, 1.807) is 41.3 Å². The van der Waals surface area contributed by atoms with Gasteiger partial charge in [0.1, 0.15) is 5.58 Å². The first-order valence-corrected chi connectivity index (χ1v) is 11.9. The van der Waals surface area contributed by atoms with Crippen LogP contribution in [0.4, 0.5) is 0 Å². The molecule has 30 heavy (non-hydrogen) atoms. The van der Waals surface area contributed by atoms with Crippen LogP contribution in [0.3, 0.4) is 0 Å². The molecule has 0 aliphatic heterocycles. The summed E-state index contributed by atoms with van der Waals surface area (Å²) in [7, 11) is 0.500. The summed E-state index contributed by atoms with van der Waals surface area (Å²) < 4.78 is 29.9. The van der Waals surface area contributed by atoms with Crippen LogP contribution >= 0.6 is 11.6 Å². The molecule has 0 spiro atoms. The molecule has 8 heteroatoms. The van der Waals surface area contributed by atoms with Gasteiger partial charge in [-0.2, -0.15) is 0 Å². The summed E-state index contributed by atoms with van der Waals surface area (Å²) in [6.45, 7) is 1.48. The van der Waals surface area contributed by atoms with E-state index in [0.29, 0.717) is 41.2 Å². The average molecular weight is 449 g/mol. The molecule has 3 aromatic rings. The average Bonchev–Trinajstić information content (AvgIpc) is 3.03. The largest absolute Gasteiger partial charge is 0.451 e. The van der Waals surface area contributed by atoms with E-state index < -0.39 is 9.84 Å². The van der Waals surface area contributed by atoms with Crippen molar-refractivity contribution in [1.29, 1.82) is 0 Å². The van der Waals surface area contributed by atoms with E-state index in [0.717, 1.165) is 11.8 Å². The van der Waals surface area contributed by atoms with Crippen LogP contribution in [0.2, 0.25) is 5.02 Å². The van der Waals surface area contributed by atoms with Crippen LogP contribution < -0.4 is 0 Å². The normalized spacial score (nSPS) is 11.9. The lowest BCUT2D eigenvalue weighted by Crippen LogP contribution is -2.36. The van der Waals surface area contributed by atoms with Crippen LogP contribution in [0.5, 0.6) is 0 Å². The Bertz CT molecular complexity index is 1140. The molecule has 0 unspecified atom stereocenters. The Kier molecular flexibility index (Phi) is 6.85. The van der Waals surface area contributed by atoms with Gasteiger partial charge in [-0.05, 0) is 37.9 Å². The minimum Gasteiger partial charge on any atom is -0.451 e. The number of benzene rings is 2. The fourth-order valence-electron chi connectivity index (χ4n) is 3.20. The lowest BCUT2D eigenvalue weighted by molar-refractivity contribution is 0.0701. The molecule has 0 aliphatic rings. The molecule has 1 aromatic heterocycles. The fraction of sp³-hybridized carbons (Fsp3) is 0.318. The van der Waals surface area contributed by atoms with Gasteiger partial charge in [-0.3, -0.25) is 4.79 Å². The van der Waals surface area contributed by atoms with Crippen molar-refractivity contribution in [2.24, 2.45) is 0 Å². The van der Waals surface area contributed by atoms with Gasteiger partial charge in [-0.15, -0.1) is 0 Å². The Morgan fingerprint density at radius 2 is 1.70 bits per heavy atom. The van der Waals surface area contributed by atoms with Gasteiger partial charge in [-0.1, -0.05) is 41.9 Å². The van der Waals surface area contributed by atoms with E-state index in [-0.39, 0.29) is 17.4 Å².